The van der Waals surface area contributed by atoms with E-state index in [2.05, 4.69) is 6.58 Å². The van der Waals surface area contributed by atoms with Crippen LogP contribution in [0.15, 0.2) is 36.0 Å². The van der Waals surface area contributed by atoms with Gasteiger partial charge in [0.25, 0.3) is 0 Å². The Morgan fingerprint density at radius 3 is 2.67 bits per heavy atom. The summed E-state index contributed by atoms with van der Waals surface area (Å²) in [5.41, 5.74) is 6.30. The van der Waals surface area contributed by atoms with E-state index in [0.717, 1.165) is 16.1 Å². The Morgan fingerprint density at radius 1 is 1.42 bits per heavy atom. The number of allylic oxidation sites excluding steroid dienone is 2. The van der Waals surface area contributed by atoms with Gasteiger partial charge in [-0.2, -0.15) is 0 Å². The summed E-state index contributed by atoms with van der Waals surface area (Å²) in [5, 5.41) is 2.14. The van der Waals surface area contributed by atoms with Crippen LogP contribution in [0.25, 0.3) is 12.7 Å². The van der Waals surface area contributed by atoms with E-state index in [4.69, 9.17) is 5.73 Å². The predicted octanol–water partition coefficient (Wildman–Crippen LogP) is 0.740. The minimum absolute atomic E-state index is 0.804. The molecule has 1 aromatic carbocycles. The quantitative estimate of drug-likeness (QED) is 0.642. The molecule has 0 heterocycles. The molecule has 1 heteroatoms. The van der Waals surface area contributed by atoms with Gasteiger partial charge in [-0.05, 0) is 23.4 Å². The molecule has 0 aliphatic rings. The Morgan fingerprint density at radius 2 is 2.08 bits per heavy atom. The van der Waals surface area contributed by atoms with Gasteiger partial charge in [0.2, 0.25) is 0 Å². The van der Waals surface area contributed by atoms with Crippen molar-refractivity contribution in [1.82, 2.24) is 0 Å². The Balaban J connectivity index is 3.20. The average Bonchev–Trinajstić information content (AvgIpc) is 2.03. The number of hydrogen-bond acceptors (Lipinski definition) is 1. The molecular formula is C11H13N. The summed E-state index contributed by atoms with van der Waals surface area (Å²) < 4.78 is 0. The van der Waals surface area contributed by atoms with Crippen molar-refractivity contribution in [2.24, 2.45) is 5.73 Å². The number of hydrogen-bond donors (Lipinski definition) is 1. The summed E-state index contributed by atoms with van der Waals surface area (Å²) >= 11 is 0. The van der Waals surface area contributed by atoms with Crippen LogP contribution < -0.4 is 16.2 Å². The molecule has 62 valence electrons. The highest BCUT2D eigenvalue weighted by atomic mass is 14.5. The van der Waals surface area contributed by atoms with Crippen LogP contribution in [0.4, 0.5) is 0 Å². The Labute approximate surface area is 72.5 Å². The predicted molar refractivity (Wildman–Crippen MR) is 53.6 cm³/mol. The third-order valence-electron chi connectivity index (χ3n) is 1.58. The zero-order valence-electron chi connectivity index (χ0n) is 7.25. The minimum Gasteiger partial charge on any atom is -0.402 e. The van der Waals surface area contributed by atoms with E-state index in [-0.39, 0.29) is 0 Å². The van der Waals surface area contributed by atoms with E-state index in [1.165, 1.54) is 0 Å². The van der Waals surface area contributed by atoms with Gasteiger partial charge in [-0.25, -0.2) is 0 Å². The first-order valence-corrected chi connectivity index (χ1v) is 3.88. The van der Waals surface area contributed by atoms with Crippen molar-refractivity contribution in [2.75, 3.05) is 0 Å². The van der Waals surface area contributed by atoms with E-state index >= 15 is 0 Å². The van der Waals surface area contributed by atoms with Gasteiger partial charge < -0.3 is 5.73 Å². The molecule has 0 saturated heterocycles. The first-order valence-electron chi connectivity index (χ1n) is 3.88. The van der Waals surface area contributed by atoms with Crippen molar-refractivity contribution >= 4 is 12.7 Å². The first kappa shape index (κ1) is 8.60. The molecule has 12 heavy (non-hydrogen) atoms. The lowest BCUT2D eigenvalue weighted by Crippen LogP contribution is -2.21. The molecule has 2 N–H and O–H groups in total. The second-order valence-electron chi connectivity index (χ2n) is 2.78. The van der Waals surface area contributed by atoms with Crippen LogP contribution in [0, 0.1) is 0 Å². The van der Waals surface area contributed by atoms with Gasteiger partial charge in [0.1, 0.15) is 0 Å². The lowest BCUT2D eigenvalue weighted by molar-refractivity contribution is 1.32. The van der Waals surface area contributed by atoms with Crippen LogP contribution in [-0.4, -0.2) is 0 Å². The molecule has 0 unspecified atom stereocenters. The molecule has 0 aromatic heterocycles. The Hall–Kier alpha value is -1.50. The molecule has 0 bridgehead atoms. The van der Waals surface area contributed by atoms with Gasteiger partial charge >= 0.3 is 0 Å². The molecule has 0 fully saturated rings. The summed E-state index contributed by atoms with van der Waals surface area (Å²) in [7, 11) is 0. The summed E-state index contributed by atoms with van der Waals surface area (Å²) in [5.74, 6) is 0. The number of rotatable bonds is 1. The Kier molecular flexibility index (Phi) is 2.70. The SMILES string of the molecule is C=c1cccc/c1=C/C=C(/C)N. The van der Waals surface area contributed by atoms with Crippen LogP contribution in [0.3, 0.4) is 0 Å². The van der Waals surface area contributed by atoms with Crippen LogP contribution in [0.5, 0.6) is 0 Å². The van der Waals surface area contributed by atoms with E-state index < -0.39 is 0 Å². The Bertz CT molecular complexity index is 384. The van der Waals surface area contributed by atoms with Crippen molar-refractivity contribution in [2.45, 2.75) is 6.92 Å². The fourth-order valence-electron chi connectivity index (χ4n) is 0.918. The lowest BCUT2D eigenvalue weighted by atomic mass is 10.2. The zero-order valence-corrected chi connectivity index (χ0v) is 7.25. The molecular weight excluding hydrogens is 146 g/mol. The minimum atomic E-state index is 0.804. The van der Waals surface area contributed by atoms with Gasteiger partial charge in [0.05, 0.1) is 0 Å². The van der Waals surface area contributed by atoms with Gasteiger partial charge in [0.15, 0.2) is 0 Å². The highest BCUT2D eigenvalue weighted by Crippen LogP contribution is 1.79. The molecule has 0 aliphatic heterocycles. The third kappa shape index (κ3) is 2.27. The summed E-state index contributed by atoms with van der Waals surface area (Å²) in [6.45, 7) is 5.76. The molecule has 0 saturated carbocycles. The van der Waals surface area contributed by atoms with Crippen molar-refractivity contribution in [1.29, 1.82) is 0 Å². The third-order valence-corrected chi connectivity index (χ3v) is 1.58. The zero-order chi connectivity index (χ0) is 8.97. The van der Waals surface area contributed by atoms with Gasteiger partial charge in [-0.3, -0.25) is 0 Å². The van der Waals surface area contributed by atoms with Crippen molar-refractivity contribution in [3.05, 3.63) is 46.5 Å². The molecule has 0 spiro atoms. The maximum Gasteiger partial charge on any atom is 0.00490 e. The maximum absolute atomic E-state index is 5.50. The van der Waals surface area contributed by atoms with Crippen LogP contribution in [0.2, 0.25) is 0 Å². The highest BCUT2D eigenvalue weighted by molar-refractivity contribution is 5.38. The fraction of sp³-hybridized carbons (Fsp3) is 0.0909. The van der Waals surface area contributed by atoms with Crippen molar-refractivity contribution in [3.63, 3.8) is 0 Å². The number of benzene rings is 1. The summed E-state index contributed by atoms with van der Waals surface area (Å²) in [4.78, 5) is 0. The second-order valence-corrected chi connectivity index (χ2v) is 2.78. The van der Waals surface area contributed by atoms with Crippen LogP contribution in [-0.2, 0) is 0 Å². The standard InChI is InChI=1S/C11H13N/c1-9-5-3-4-6-11(9)8-7-10(2)12/h3-8H,1,12H2,2H3/b10-7-,11-8-. The van der Waals surface area contributed by atoms with Gasteiger partial charge in [0, 0.05) is 5.70 Å². The molecule has 1 aromatic rings. The molecule has 0 amide bonds. The highest BCUT2D eigenvalue weighted by Gasteiger charge is 1.78. The van der Waals surface area contributed by atoms with Crippen molar-refractivity contribution in [3.8, 4) is 0 Å². The van der Waals surface area contributed by atoms with Crippen LogP contribution in [0.1, 0.15) is 6.92 Å². The molecule has 0 aliphatic carbocycles. The number of nitrogens with two attached hydrogens (primary N) is 1. The average molecular weight is 159 g/mol. The van der Waals surface area contributed by atoms with Gasteiger partial charge in [-0.1, -0.05) is 36.9 Å². The van der Waals surface area contributed by atoms with Crippen LogP contribution >= 0.6 is 0 Å². The van der Waals surface area contributed by atoms with E-state index in [1.54, 1.807) is 0 Å². The van der Waals surface area contributed by atoms with E-state index in [1.807, 2.05) is 43.3 Å². The first-order chi connectivity index (χ1) is 5.70. The monoisotopic (exact) mass is 159 g/mol. The smallest absolute Gasteiger partial charge is 0.00490 e. The largest absolute Gasteiger partial charge is 0.402 e. The normalized spacial score (nSPS) is 13.4. The fourth-order valence-corrected chi connectivity index (χ4v) is 0.918. The molecule has 1 nitrogen and oxygen atoms in total. The summed E-state index contributed by atoms with van der Waals surface area (Å²) in [6, 6.07) is 7.95. The second kappa shape index (κ2) is 3.77. The molecule has 0 radical (unpaired) electrons. The van der Waals surface area contributed by atoms with Gasteiger partial charge in [-0.15, -0.1) is 0 Å². The topological polar surface area (TPSA) is 26.0 Å². The van der Waals surface area contributed by atoms with E-state index in [9.17, 15) is 0 Å². The summed E-state index contributed by atoms with van der Waals surface area (Å²) in [6.07, 6.45) is 3.85. The lowest BCUT2D eigenvalue weighted by Gasteiger charge is -1.87. The maximum atomic E-state index is 5.50. The van der Waals surface area contributed by atoms with Crippen molar-refractivity contribution < 1.29 is 0 Å². The van der Waals surface area contributed by atoms with E-state index in [0.29, 0.717) is 0 Å². The molecule has 1 rings (SSSR count). The molecule has 0 atom stereocenters.